The van der Waals surface area contributed by atoms with E-state index in [4.69, 9.17) is 0 Å². The predicted molar refractivity (Wildman–Crippen MR) is 133 cm³/mol. The minimum Gasteiger partial charge on any atom is -0.308 e. The molecule has 0 saturated carbocycles. The first kappa shape index (κ1) is 21.7. The number of hydrogen-bond donors (Lipinski definition) is 2. The third kappa shape index (κ3) is 4.65. The van der Waals surface area contributed by atoms with E-state index in [1.54, 1.807) is 17.0 Å². The van der Waals surface area contributed by atoms with Gasteiger partial charge in [-0.15, -0.1) is 0 Å². The van der Waals surface area contributed by atoms with Crippen LogP contribution in [0.3, 0.4) is 0 Å². The van der Waals surface area contributed by atoms with Gasteiger partial charge in [0.05, 0.1) is 17.8 Å². The molecule has 0 spiro atoms. The third-order valence-corrected chi connectivity index (χ3v) is 6.52. The van der Waals surface area contributed by atoms with Crippen molar-refractivity contribution in [3.63, 3.8) is 0 Å². The van der Waals surface area contributed by atoms with Gasteiger partial charge >= 0.3 is 6.03 Å². The molecule has 5 nitrogen and oxygen atoms in total. The summed E-state index contributed by atoms with van der Waals surface area (Å²) in [5.74, 6) is -0.475. The van der Waals surface area contributed by atoms with Crippen LogP contribution in [-0.2, 0) is 6.54 Å². The van der Waals surface area contributed by atoms with Crippen molar-refractivity contribution >= 4 is 40.8 Å². The van der Waals surface area contributed by atoms with Gasteiger partial charge in [-0.05, 0) is 60.2 Å². The number of halogens is 1. The van der Waals surface area contributed by atoms with E-state index in [1.807, 2.05) is 60.7 Å². The molecule has 0 unspecified atom stereocenters. The van der Waals surface area contributed by atoms with Gasteiger partial charge in [0.1, 0.15) is 5.82 Å². The number of carbonyl (C=O) groups excluding carboxylic acids is 2. The molecule has 1 heterocycles. The molecule has 5 rings (SSSR count). The number of rotatable bonds is 4. The molecule has 0 bridgehead atoms. The molecule has 0 atom stereocenters. The zero-order valence-electron chi connectivity index (χ0n) is 18.0. The maximum Gasteiger partial charge on any atom is 0.323 e. The van der Waals surface area contributed by atoms with Gasteiger partial charge in [0.15, 0.2) is 0 Å². The van der Waals surface area contributed by atoms with Crippen LogP contribution in [0.4, 0.5) is 26.2 Å². The van der Waals surface area contributed by atoms with Gasteiger partial charge in [-0.1, -0.05) is 54.2 Å². The number of hydrogen-bond acceptors (Lipinski definition) is 3. The van der Waals surface area contributed by atoms with Crippen LogP contribution in [0.25, 0.3) is 0 Å². The number of fused-ring (bicyclic) bond motifs is 2. The summed E-state index contributed by atoms with van der Waals surface area (Å²) in [6.45, 7) is 0.396. The van der Waals surface area contributed by atoms with E-state index in [1.165, 1.54) is 36.0 Å². The average molecular weight is 470 g/mol. The second kappa shape index (κ2) is 9.41. The fraction of sp³-hybridized carbons (Fsp3) is 0.0370. The largest absolute Gasteiger partial charge is 0.323 e. The van der Waals surface area contributed by atoms with Crippen LogP contribution >= 0.6 is 11.8 Å². The van der Waals surface area contributed by atoms with Gasteiger partial charge in [-0.2, -0.15) is 0 Å². The Morgan fingerprint density at radius 2 is 1.47 bits per heavy atom. The maximum absolute atomic E-state index is 13.6. The number of nitrogens with one attached hydrogen (secondary N) is 2. The average Bonchev–Trinajstić information content (AvgIpc) is 2.96. The van der Waals surface area contributed by atoms with Crippen molar-refractivity contribution in [1.29, 1.82) is 0 Å². The fourth-order valence-corrected chi connectivity index (χ4v) is 4.81. The molecule has 0 aliphatic carbocycles. The smallest absolute Gasteiger partial charge is 0.308 e. The molecule has 168 valence electrons. The number of carbonyl (C=O) groups is 2. The Labute approximate surface area is 200 Å². The lowest BCUT2D eigenvalue weighted by atomic mass is 10.1. The highest BCUT2D eigenvalue weighted by atomic mass is 32.2. The summed E-state index contributed by atoms with van der Waals surface area (Å²) in [7, 11) is 0. The quantitative estimate of drug-likeness (QED) is 0.346. The first-order valence-corrected chi connectivity index (χ1v) is 11.5. The molecule has 4 aromatic carbocycles. The van der Waals surface area contributed by atoms with E-state index in [9.17, 15) is 14.0 Å². The Kier molecular flexibility index (Phi) is 6.01. The molecular formula is C27H20FN3O2S. The van der Waals surface area contributed by atoms with Crippen molar-refractivity contribution < 1.29 is 14.0 Å². The van der Waals surface area contributed by atoms with Gasteiger partial charge in [-0.25, -0.2) is 9.18 Å². The van der Waals surface area contributed by atoms with Crippen LogP contribution in [-0.4, -0.2) is 11.9 Å². The van der Waals surface area contributed by atoms with Crippen LogP contribution in [0.1, 0.15) is 15.9 Å². The highest BCUT2D eigenvalue weighted by Gasteiger charge is 2.27. The minimum atomic E-state index is -0.461. The summed E-state index contributed by atoms with van der Waals surface area (Å²) in [6.07, 6.45) is 0. The van der Waals surface area contributed by atoms with E-state index in [2.05, 4.69) is 10.6 Å². The van der Waals surface area contributed by atoms with Crippen molar-refractivity contribution in [3.05, 3.63) is 114 Å². The summed E-state index contributed by atoms with van der Waals surface area (Å²) in [4.78, 5) is 29.7. The topological polar surface area (TPSA) is 61.4 Å². The number of amides is 3. The van der Waals surface area contributed by atoms with Gasteiger partial charge in [-0.3, -0.25) is 4.79 Å². The van der Waals surface area contributed by atoms with Gasteiger partial charge < -0.3 is 15.5 Å². The third-order valence-electron chi connectivity index (χ3n) is 5.38. The standard InChI is InChI=1S/C27H20FN3O2S/c28-19-10-12-20(13-11-19)29-27(33)30-21-14-15-25-23(16-21)31(17-18-6-2-1-3-7-18)26(32)22-8-4-5-9-24(22)34-25/h1-16H,17H2,(H2,29,30,33). The number of benzene rings is 4. The zero-order valence-corrected chi connectivity index (χ0v) is 18.8. The number of nitrogens with zero attached hydrogens (tertiary/aromatic N) is 1. The molecule has 7 heteroatoms. The number of anilines is 3. The summed E-state index contributed by atoms with van der Waals surface area (Å²) >= 11 is 1.53. The summed E-state index contributed by atoms with van der Waals surface area (Å²) < 4.78 is 13.1. The van der Waals surface area contributed by atoms with Gasteiger partial charge in [0, 0.05) is 21.2 Å². The fourth-order valence-electron chi connectivity index (χ4n) is 3.75. The lowest BCUT2D eigenvalue weighted by Crippen LogP contribution is -2.30. The van der Waals surface area contributed by atoms with Crippen LogP contribution in [0, 0.1) is 5.82 Å². The Morgan fingerprint density at radius 1 is 0.794 bits per heavy atom. The van der Waals surface area contributed by atoms with E-state index >= 15 is 0 Å². The van der Waals surface area contributed by atoms with Crippen molar-refractivity contribution in [1.82, 2.24) is 0 Å². The van der Waals surface area contributed by atoms with E-state index in [-0.39, 0.29) is 11.7 Å². The molecule has 34 heavy (non-hydrogen) atoms. The Balaban J connectivity index is 1.46. The monoisotopic (exact) mass is 469 g/mol. The van der Waals surface area contributed by atoms with E-state index in [0.29, 0.717) is 23.5 Å². The van der Waals surface area contributed by atoms with Crippen molar-refractivity contribution in [3.8, 4) is 0 Å². The first-order valence-electron chi connectivity index (χ1n) is 10.7. The molecular weight excluding hydrogens is 449 g/mol. The number of urea groups is 1. The van der Waals surface area contributed by atoms with Crippen LogP contribution in [0.15, 0.2) is 107 Å². The molecule has 1 aliphatic rings. The summed E-state index contributed by atoms with van der Waals surface area (Å²) in [5.41, 5.74) is 3.37. The normalized spacial score (nSPS) is 12.4. The van der Waals surface area contributed by atoms with Crippen LogP contribution in [0.5, 0.6) is 0 Å². The van der Waals surface area contributed by atoms with Gasteiger partial charge in [0.2, 0.25) is 0 Å². The molecule has 3 amide bonds. The van der Waals surface area contributed by atoms with E-state index in [0.717, 1.165) is 21.0 Å². The molecule has 0 aromatic heterocycles. The second-order valence-corrected chi connectivity index (χ2v) is 8.83. The predicted octanol–water partition coefficient (Wildman–Crippen LogP) is 6.78. The van der Waals surface area contributed by atoms with Crippen LogP contribution in [0.2, 0.25) is 0 Å². The Morgan fingerprint density at radius 3 is 2.26 bits per heavy atom. The summed E-state index contributed by atoms with van der Waals surface area (Å²) in [5, 5.41) is 5.49. The SMILES string of the molecule is O=C(Nc1ccc(F)cc1)Nc1ccc2c(c1)N(Cc1ccccc1)C(=O)c1ccccc1S2. The Hall–Kier alpha value is -4.10. The highest BCUT2D eigenvalue weighted by molar-refractivity contribution is 7.99. The second-order valence-electron chi connectivity index (χ2n) is 7.74. The molecule has 2 N–H and O–H groups in total. The maximum atomic E-state index is 13.6. The van der Waals surface area contributed by atoms with Crippen LogP contribution < -0.4 is 15.5 Å². The molecule has 0 fully saturated rings. The molecule has 0 radical (unpaired) electrons. The summed E-state index contributed by atoms with van der Waals surface area (Å²) in [6, 6.07) is 27.9. The molecule has 1 aliphatic heterocycles. The Bertz CT molecular complexity index is 1360. The van der Waals surface area contributed by atoms with Crippen molar-refractivity contribution in [2.24, 2.45) is 0 Å². The van der Waals surface area contributed by atoms with Crippen molar-refractivity contribution in [2.45, 2.75) is 16.3 Å². The van der Waals surface area contributed by atoms with Crippen molar-refractivity contribution in [2.75, 3.05) is 15.5 Å². The molecule has 4 aromatic rings. The lowest BCUT2D eigenvalue weighted by Gasteiger charge is -2.24. The first-order chi connectivity index (χ1) is 16.6. The minimum absolute atomic E-state index is 0.0985. The lowest BCUT2D eigenvalue weighted by molar-refractivity contribution is 0.0982. The van der Waals surface area contributed by atoms with E-state index < -0.39 is 6.03 Å². The zero-order chi connectivity index (χ0) is 23.5. The molecule has 0 saturated heterocycles. The van der Waals surface area contributed by atoms with Gasteiger partial charge in [0.25, 0.3) is 5.91 Å². The highest BCUT2D eigenvalue weighted by Crippen LogP contribution is 2.43.